The van der Waals surface area contributed by atoms with Crippen molar-refractivity contribution in [2.75, 3.05) is 0 Å². The van der Waals surface area contributed by atoms with E-state index < -0.39 is 0 Å². The van der Waals surface area contributed by atoms with Crippen LogP contribution in [0.2, 0.25) is 0 Å². The summed E-state index contributed by atoms with van der Waals surface area (Å²) in [5, 5.41) is 10.4. The topological polar surface area (TPSA) is 32.8 Å². The molecular weight excluding hydrogens is 356 g/mol. The summed E-state index contributed by atoms with van der Waals surface area (Å²) in [6.07, 6.45) is 15.4. The molecule has 0 spiro atoms. The zero-order valence-corrected chi connectivity index (χ0v) is 19.3. The maximum atomic E-state index is 10.4. The fourth-order valence-electron chi connectivity index (χ4n) is 8.41. The second kappa shape index (κ2) is 6.95. The number of epoxide rings is 1. The molecule has 0 aromatic rings. The van der Waals surface area contributed by atoms with Gasteiger partial charge in [-0.25, -0.2) is 0 Å². The van der Waals surface area contributed by atoms with Gasteiger partial charge in [0.15, 0.2) is 0 Å². The first kappa shape index (κ1) is 20.3. The first-order valence-electron chi connectivity index (χ1n) is 12.5. The van der Waals surface area contributed by atoms with Crippen LogP contribution in [0, 0.1) is 40.4 Å². The number of rotatable bonds is 5. The number of ether oxygens (including phenoxy) is 1. The Bertz CT molecular complexity index is 720. The maximum Gasteiger partial charge on any atom is 0.111 e. The van der Waals surface area contributed by atoms with Gasteiger partial charge in [-0.2, -0.15) is 0 Å². The Morgan fingerprint density at radius 3 is 2.62 bits per heavy atom. The van der Waals surface area contributed by atoms with E-state index in [4.69, 9.17) is 4.74 Å². The lowest BCUT2D eigenvalue weighted by Crippen LogP contribution is -2.49. The normalized spacial score (nSPS) is 48.8. The lowest BCUT2D eigenvalue weighted by molar-refractivity contribution is 0.0406. The molecule has 2 nitrogen and oxygen atoms in total. The van der Waals surface area contributed by atoms with Crippen LogP contribution in [-0.2, 0) is 4.74 Å². The third kappa shape index (κ3) is 2.95. The summed E-state index contributed by atoms with van der Waals surface area (Å²) < 4.78 is 6.05. The number of hydrogen-bond donors (Lipinski definition) is 1. The molecule has 162 valence electrons. The molecule has 29 heavy (non-hydrogen) atoms. The molecule has 0 radical (unpaired) electrons. The Labute approximate surface area is 178 Å². The van der Waals surface area contributed by atoms with Crippen molar-refractivity contribution >= 4 is 0 Å². The van der Waals surface area contributed by atoms with Crippen LogP contribution >= 0.6 is 0 Å². The minimum atomic E-state index is -0.286. The first-order valence-corrected chi connectivity index (χ1v) is 12.5. The van der Waals surface area contributed by atoms with Crippen LogP contribution in [0.1, 0.15) is 86.0 Å². The largest absolute Gasteiger partial charge is 0.390 e. The SMILES string of the molecule is CC(C)CCC[C@@H](C)[C@H]1CC[C@H]2C3=CC=C4C[C@@H](O)[C@H]5O[C@@H]5[C@]4(C)[C@H]3CC[C@]12C. The van der Waals surface area contributed by atoms with Crippen molar-refractivity contribution in [1.29, 1.82) is 0 Å². The predicted molar refractivity (Wildman–Crippen MR) is 118 cm³/mol. The average molecular weight is 399 g/mol. The van der Waals surface area contributed by atoms with Crippen molar-refractivity contribution in [3.63, 3.8) is 0 Å². The molecule has 4 aliphatic carbocycles. The third-order valence-electron chi connectivity index (χ3n) is 10.1. The second-order valence-corrected chi connectivity index (χ2v) is 12.1. The van der Waals surface area contributed by atoms with Gasteiger partial charge in [0, 0.05) is 5.41 Å². The van der Waals surface area contributed by atoms with E-state index in [1.807, 2.05) is 0 Å². The third-order valence-corrected chi connectivity index (χ3v) is 10.1. The van der Waals surface area contributed by atoms with E-state index >= 15 is 0 Å². The molecule has 1 heterocycles. The van der Waals surface area contributed by atoms with Gasteiger partial charge in [-0.05, 0) is 67.1 Å². The number of aliphatic hydroxyl groups is 1. The van der Waals surface area contributed by atoms with Crippen molar-refractivity contribution in [2.45, 2.75) is 104 Å². The van der Waals surface area contributed by atoms with Crippen molar-refractivity contribution in [3.8, 4) is 0 Å². The highest BCUT2D eigenvalue weighted by Gasteiger charge is 2.66. The van der Waals surface area contributed by atoms with E-state index in [1.165, 1.54) is 50.5 Å². The Morgan fingerprint density at radius 1 is 1.07 bits per heavy atom. The maximum absolute atomic E-state index is 10.4. The number of fused-ring (bicyclic) bond motifs is 7. The summed E-state index contributed by atoms with van der Waals surface area (Å²) in [5.41, 5.74) is 3.82. The molecule has 0 bridgehead atoms. The fraction of sp³-hybridized carbons (Fsp3) is 0.852. The minimum absolute atomic E-state index is 0.0992. The molecule has 9 atom stereocenters. The summed E-state index contributed by atoms with van der Waals surface area (Å²) >= 11 is 0. The molecule has 4 fully saturated rings. The quantitative estimate of drug-likeness (QED) is 0.552. The van der Waals surface area contributed by atoms with Gasteiger partial charge in [0.25, 0.3) is 0 Å². The molecule has 5 aliphatic rings. The van der Waals surface area contributed by atoms with Crippen LogP contribution in [0.15, 0.2) is 23.3 Å². The van der Waals surface area contributed by atoms with E-state index in [0.717, 1.165) is 30.1 Å². The van der Waals surface area contributed by atoms with E-state index in [0.29, 0.717) is 11.3 Å². The van der Waals surface area contributed by atoms with Gasteiger partial charge in [0.2, 0.25) is 0 Å². The Morgan fingerprint density at radius 2 is 1.86 bits per heavy atom. The van der Waals surface area contributed by atoms with Crippen LogP contribution in [-0.4, -0.2) is 23.4 Å². The van der Waals surface area contributed by atoms with Gasteiger partial charge in [-0.1, -0.05) is 77.2 Å². The van der Waals surface area contributed by atoms with Gasteiger partial charge in [-0.15, -0.1) is 0 Å². The van der Waals surface area contributed by atoms with Crippen molar-refractivity contribution < 1.29 is 9.84 Å². The van der Waals surface area contributed by atoms with Gasteiger partial charge >= 0.3 is 0 Å². The molecular formula is C27H42O2. The molecule has 1 aliphatic heterocycles. The zero-order valence-electron chi connectivity index (χ0n) is 19.3. The predicted octanol–water partition coefficient (Wildman–Crippen LogP) is 6.30. The van der Waals surface area contributed by atoms with Crippen molar-refractivity contribution in [3.05, 3.63) is 23.3 Å². The monoisotopic (exact) mass is 398 g/mol. The molecule has 1 N–H and O–H groups in total. The average Bonchev–Trinajstić information content (AvgIpc) is 3.40. The Kier molecular flexibility index (Phi) is 4.87. The number of hydrogen-bond acceptors (Lipinski definition) is 2. The molecule has 0 unspecified atom stereocenters. The van der Waals surface area contributed by atoms with E-state index in [9.17, 15) is 5.11 Å². The molecule has 0 aromatic carbocycles. The first-order chi connectivity index (χ1) is 13.8. The highest BCUT2D eigenvalue weighted by Crippen LogP contribution is 2.68. The van der Waals surface area contributed by atoms with Crippen molar-refractivity contribution in [2.24, 2.45) is 40.4 Å². The number of aliphatic hydroxyl groups excluding tert-OH is 1. The van der Waals surface area contributed by atoms with E-state index in [-0.39, 0.29) is 23.7 Å². The molecule has 1 saturated heterocycles. The van der Waals surface area contributed by atoms with Crippen LogP contribution in [0.4, 0.5) is 0 Å². The summed E-state index contributed by atoms with van der Waals surface area (Å²) in [5.74, 6) is 3.97. The summed E-state index contributed by atoms with van der Waals surface area (Å²) in [6.45, 7) is 12.3. The van der Waals surface area contributed by atoms with Gasteiger partial charge < -0.3 is 9.84 Å². The second-order valence-electron chi connectivity index (χ2n) is 12.1. The summed E-state index contributed by atoms with van der Waals surface area (Å²) in [4.78, 5) is 0. The molecule has 0 amide bonds. The van der Waals surface area contributed by atoms with Gasteiger partial charge in [0.05, 0.1) is 12.2 Å². The van der Waals surface area contributed by atoms with Gasteiger partial charge in [0.1, 0.15) is 6.10 Å². The van der Waals surface area contributed by atoms with Crippen LogP contribution in [0.3, 0.4) is 0 Å². The fourth-order valence-corrected chi connectivity index (χ4v) is 8.41. The lowest BCUT2D eigenvalue weighted by atomic mass is 9.50. The minimum Gasteiger partial charge on any atom is -0.390 e. The molecule has 5 rings (SSSR count). The highest BCUT2D eigenvalue weighted by molar-refractivity contribution is 5.42. The van der Waals surface area contributed by atoms with Crippen LogP contribution in [0.25, 0.3) is 0 Å². The zero-order chi connectivity index (χ0) is 20.6. The summed E-state index contributed by atoms with van der Waals surface area (Å²) in [6, 6.07) is 0. The van der Waals surface area contributed by atoms with Crippen molar-refractivity contribution in [1.82, 2.24) is 0 Å². The molecule has 0 aromatic heterocycles. The van der Waals surface area contributed by atoms with Gasteiger partial charge in [-0.3, -0.25) is 0 Å². The van der Waals surface area contributed by atoms with Crippen LogP contribution < -0.4 is 0 Å². The molecule has 3 saturated carbocycles. The van der Waals surface area contributed by atoms with Crippen LogP contribution in [0.5, 0.6) is 0 Å². The van der Waals surface area contributed by atoms with E-state index in [1.54, 1.807) is 5.57 Å². The van der Waals surface area contributed by atoms with E-state index in [2.05, 4.69) is 46.8 Å². The highest BCUT2D eigenvalue weighted by atomic mass is 16.6. The smallest absolute Gasteiger partial charge is 0.111 e. The lowest BCUT2D eigenvalue weighted by Gasteiger charge is -2.54. The number of allylic oxidation sites excluding steroid dienone is 3. The Hall–Kier alpha value is -0.600. The summed E-state index contributed by atoms with van der Waals surface area (Å²) in [7, 11) is 0. The standard InChI is InChI=1S/C27H42O2/c1-16(2)7-6-8-17(3)20-11-12-21-19-10-9-18-15-23(28)24-25(29-24)27(18,5)22(19)13-14-26(20,21)4/h9-10,16-17,20-25,28H,6-8,11-15H2,1-5H3/t17-,20-,21+,22+,23-,24-,25+,26-,27+/m1/s1. The Balaban J connectivity index is 1.37. The molecule has 2 heteroatoms.